The van der Waals surface area contributed by atoms with Crippen molar-refractivity contribution in [2.24, 2.45) is 7.05 Å². The van der Waals surface area contributed by atoms with Gasteiger partial charge in [0.15, 0.2) is 0 Å². The summed E-state index contributed by atoms with van der Waals surface area (Å²) in [6.07, 6.45) is 0. The van der Waals surface area contributed by atoms with E-state index in [0.717, 1.165) is 21.9 Å². The van der Waals surface area contributed by atoms with Gasteiger partial charge in [-0.05, 0) is 24.3 Å². The normalized spacial score (nSPS) is 11.4. The van der Waals surface area contributed by atoms with Crippen molar-refractivity contribution in [2.45, 2.75) is 0 Å². The molecule has 5 heteroatoms. The Morgan fingerprint density at radius 1 is 0.857 bits per heavy atom. The van der Waals surface area contributed by atoms with Crippen LogP contribution in [0.25, 0.3) is 38.8 Å². The molecule has 0 amide bonds. The van der Waals surface area contributed by atoms with Crippen LogP contribution in [0.4, 0.5) is 0 Å². The summed E-state index contributed by atoms with van der Waals surface area (Å²) in [6.45, 7) is 0. The third-order valence-electron chi connectivity index (χ3n) is 5.07. The van der Waals surface area contributed by atoms with Crippen LogP contribution in [0.1, 0.15) is 0 Å². The van der Waals surface area contributed by atoms with Crippen molar-refractivity contribution in [3.63, 3.8) is 0 Å². The minimum absolute atomic E-state index is 0.157. The van der Waals surface area contributed by atoms with Gasteiger partial charge >= 0.3 is 0 Å². The lowest BCUT2D eigenvalue weighted by Gasteiger charge is -2.11. The second-order valence-electron chi connectivity index (χ2n) is 6.68. The number of hydrogen-bond acceptors (Lipinski definition) is 2. The van der Waals surface area contributed by atoms with Crippen LogP contribution in [-0.2, 0) is 7.05 Å². The molecule has 0 bridgehead atoms. The van der Waals surface area contributed by atoms with Gasteiger partial charge < -0.3 is 4.57 Å². The molecule has 0 aliphatic rings. The molecular formula is C23H16ClN3O. The Morgan fingerprint density at radius 3 is 2.32 bits per heavy atom. The van der Waals surface area contributed by atoms with E-state index in [1.54, 1.807) is 0 Å². The molecule has 4 nitrogen and oxygen atoms in total. The van der Waals surface area contributed by atoms with Gasteiger partial charge in [0.25, 0.3) is 5.56 Å². The third kappa shape index (κ3) is 2.38. The number of aromatic nitrogens is 3. The molecule has 5 aromatic rings. The van der Waals surface area contributed by atoms with Crippen LogP contribution < -0.4 is 5.56 Å². The number of rotatable bonds is 2. The summed E-state index contributed by atoms with van der Waals surface area (Å²) >= 11 is 6.52. The van der Waals surface area contributed by atoms with Crippen LogP contribution >= 0.6 is 11.6 Å². The Hall–Kier alpha value is -3.37. The molecule has 0 spiro atoms. The van der Waals surface area contributed by atoms with E-state index >= 15 is 0 Å². The molecule has 2 aromatic heterocycles. The number of fused-ring (bicyclic) bond motifs is 3. The Balaban J connectivity index is 2.03. The number of aryl methyl sites for hydroxylation is 1. The summed E-state index contributed by atoms with van der Waals surface area (Å²) in [5.41, 5.74) is 3.64. The maximum Gasteiger partial charge on any atom is 0.296 e. The molecule has 0 atom stereocenters. The van der Waals surface area contributed by atoms with E-state index in [9.17, 15) is 4.79 Å². The minimum Gasteiger partial charge on any atom is -0.339 e. The average molecular weight is 386 g/mol. The maximum absolute atomic E-state index is 13.4. The zero-order chi connectivity index (χ0) is 19.3. The zero-order valence-electron chi connectivity index (χ0n) is 15.1. The Morgan fingerprint density at radius 2 is 1.54 bits per heavy atom. The van der Waals surface area contributed by atoms with Gasteiger partial charge in [-0.1, -0.05) is 66.2 Å². The second-order valence-corrected chi connectivity index (χ2v) is 7.09. The molecule has 0 saturated carbocycles. The molecule has 0 N–H and O–H groups in total. The molecule has 0 aliphatic heterocycles. The van der Waals surface area contributed by atoms with Crippen LogP contribution in [0, 0.1) is 0 Å². The summed E-state index contributed by atoms with van der Waals surface area (Å²) < 4.78 is 3.40. The molecule has 0 unspecified atom stereocenters. The van der Waals surface area contributed by atoms with Crippen molar-refractivity contribution in [3.8, 4) is 16.9 Å². The quantitative estimate of drug-likeness (QED) is 0.419. The van der Waals surface area contributed by atoms with E-state index in [1.807, 2.05) is 90.5 Å². The predicted molar refractivity (Wildman–Crippen MR) is 114 cm³/mol. The van der Waals surface area contributed by atoms with E-state index in [-0.39, 0.29) is 5.56 Å². The first-order valence-electron chi connectivity index (χ1n) is 8.97. The summed E-state index contributed by atoms with van der Waals surface area (Å²) in [5.74, 6) is 0. The topological polar surface area (TPSA) is 39.8 Å². The molecule has 5 rings (SSSR count). The monoisotopic (exact) mass is 385 g/mol. The van der Waals surface area contributed by atoms with E-state index in [1.165, 1.54) is 4.68 Å². The number of benzene rings is 3. The Labute approximate surface area is 166 Å². The van der Waals surface area contributed by atoms with Gasteiger partial charge in [0.1, 0.15) is 11.2 Å². The van der Waals surface area contributed by atoms with Crippen LogP contribution in [-0.4, -0.2) is 14.3 Å². The highest BCUT2D eigenvalue weighted by molar-refractivity contribution is 6.34. The summed E-state index contributed by atoms with van der Waals surface area (Å²) in [6, 6.07) is 25.0. The molecule has 0 radical (unpaired) electrons. The molecule has 0 fully saturated rings. The minimum atomic E-state index is -0.157. The highest BCUT2D eigenvalue weighted by atomic mass is 35.5. The molecule has 0 aliphatic carbocycles. The lowest BCUT2D eigenvalue weighted by molar-refractivity contribution is 0.816. The SMILES string of the molecule is Cn1c2ccccc2c2c(-c3ccccc3Cl)nn(-c3ccccc3)c(=O)c21. The van der Waals surface area contributed by atoms with Crippen molar-refractivity contribution >= 4 is 33.4 Å². The largest absolute Gasteiger partial charge is 0.339 e. The number of para-hydroxylation sites is 2. The van der Waals surface area contributed by atoms with Crippen LogP contribution in [0.2, 0.25) is 5.02 Å². The molecule has 3 aromatic carbocycles. The van der Waals surface area contributed by atoms with Gasteiger partial charge in [-0.2, -0.15) is 9.78 Å². The van der Waals surface area contributed by atoms with Crippen molar-refractivity contribution in [1.29, 1.82) is 0 Å². The predicted octanol–water partition coefficient (Wildman–Crippen LogP) is 5.20. The fraction of sp³-hybridized carbons (Fsp3) is 0.0435. The van der Waals surface area contributed by atoms with Crippen LogP contribution in [0.15, 0.2) is 83.7 Å². The maximum atomic E-state index is 13.4. The second kappa shape index (κ2) is 6.36. The first kappa shape index (κ1) is 16.8. The van der Waals surface area contributed by atoms with E-state index in [4.69, 9.17) is 16.7 Å². The van der Waals surface area contributed by atoms with Crippen molar-refractivity contribution < 1.29 is 0 Å². The highest BCUT2D eigenvalue weighted by Crippen LogP contribution is 2.36. The van der Waals surface area contributed by atoms with Gasteiger partial charge in [0, 0.05) is 28.9 Å². The first-order valence-corrected chi connectivity index (χ1v) is 9.35. The molecule has 2 heterocycles. The van der Waals surface area contributed by atoms with Gasteiger partial charge in [-0.25, -0.2) is 0 Å². The fourth-order valence-electron chi connectivity index (χ4n) is 3.77. The average Bonchev–Trinajstić information content (AvgIpc) is 3.03. The van der Waals surface area contributed by atoms with Gasteiger partial charge in [-0.15, -0.1) is 0 Å². The van der Waals surface area contributed by atoms with Crippen LogP contribution in [0.3, 0.4) is 0 Å². The lowest BCUT2D eigenvalue weighted by atomic mass is 10.1. The number of halogens is 1. The highest BCUT2D eigenvalue weighted by Gasteiger charge is 2.21. The smallest absolute Gasteiger partial charge is 0.296 e. The van der Waals surface area contributed by atoms with E-state index < -0.39 is 0 Å². The Kier molecular flexibility index (Phi) is 3.81. The fourth-order valence-corrected chi connectivity index (χ4v) is 3.99. The van der Waals surface area contributed by atoms with Crippen LogP contribution in [0.5, 0.6) is 0 Å². The zero-order valence-corrected chi connectivity index (χ0v) is 15.9. The first-order chi connectivity index (χ1) is 13.7. The van der Waals surface area contributed by atoms with E-state index in [2.05, 4.69) is 0 Å². The summed E-state index contributed by atoms with van der Waals surface area (Å²) in [7, 11) is 1.91. The number of nitrogens with zero attached hydrogens (tertiary/aromatic N) is 3. The van der Waals surface area contributed by atoms with Gasteiger partial charge in [-0.3, -0.25) is 4.79 Å². The van der Waals surface area contributed by atoms with Crippen molar-refractivity contribution in [2.75, 3.05) is 0 Å². The summed E-state index contributed by atoms with van der Waals surface area (Å²) in [5, 5.41) is 7.18. The van der Waals surface area contributed by atoms with Gasteiger partial charge in [0.2, 0.25) is 0 Å². The Bertz CT molecular complexity index is 1400. The molecule has 0 saturated heterocycles. The standard InChI is InChI=1S/C23H16ClN3O/c1-26-19-14-8-6-12-17(19)20-21(16-11-5-7-13-18(16)24)25-27(23(28)22(20)26)15-9-3-2-4-10-15/h2-14H,1H3. The van der Waals surface area contributed by atoms with Crippen molar-refractivity contribution in [1.82, 2.24) is 14.3 Å². The lowest BCUT2D eigenvalue weighted by Crippen LogP contribution is -2.23. The molecule has 136 valence electrons. The third-order valence-corrected chi connectivity index (χ3v) is 5.40. The van der Waals surface area contributed by atoms with Gasteiger partial charge in [0.05, 0.1) is 10.7 Å². The number of hydrogen-bond donors (Lipinski definition) is 0. The van der Waals surface area contributed by atoms with E-state index in [0.29, 0.717) is 21.9 Å². The summed E-state index contributed by atoms with van der Waals surface area (Å²) in [4.78, 5) is 13.4. The molecule has 28 heavy (non-hydrogen) atoms. The van der Waals surface area contributed by atoms with Crippen molar-refractivity contribution in [3.05, 3.63) is 94.2 Å². The molecular weight excluding hydrogens is 370 g/mol.